The molecule has 1 aromatic heterocycles. The minimum Gasteiger partial charge on any atom is -0.148 e. The highest BCUT2D eigenvalue weighted by Crippen LogP contribution is 2.31. The van der Waals surface area contributed by atoms with Crippen molar-refractivity contribution < 1.29 is 0 Å². The Bertz CT molecular complexity index is 966. The summed E-state index contributed by atoms with van der Waals surface area (Å²) in [7, 11) is 0. The molecule has 0 spiro atoms. The first-order valence-corrected chi connectivity index (χ1v) is 9.94. The summed E-state index contributed by atoms with van der Waals surface area (Å²) in [6, 6.07) is 15.5. The second-order valence-corrected chi connectivity index (χ2v) is 7.97. The summed E-state index contributed by atoms with van der Waals surface area (Å²) in [5, 5.41) is 2.27. The van der Waals surface area contributed by atoms with Crippen LogP contribution >= 0.6 is 11.3 Å². The van der Waals surface area contributed by atoms with Gasteiger partial charge in [-0.3, -0.25) is 0 Å². The molecule has 0 aliphatic heterocycles. The molecule has 0 radical (unpaired) electrons. The number of hydrogen-bond acceptors (Lipinski definition) is 1. The van der Waals surface area contributed by atoms with Crippen LogP contribution in [-0.2, 0) is 0 Å². The highest BCUT2D eigenvalue weighted by Gasteiger charge is 2.08. The fourth-order valence-corrected chi connectivity index (χ4v) is 4.13. The van der Waals surface area contributed by atoms with Gasteiger partial charge in [0.15, 0.2) is 0 Å². The van der Waals surface area contributed by atoms with Gasteiger partial charge < -0.3 is 0 Å². The Kier molecular flexibility index (Phi) is 5.58. The zero-order chi connectivity index (χ0) is 18.7. The standard InChI is InChI=1S/C25H26S/c1-6-7-24-20(5)26-16-25(24)19(4)15-22-12-13-23(14-18(22)3)21-10-8-17(2)9-11-21/h6-16H,1-5H3/b7-6-,19-15+. The Morgan fingerprint density at radius 2 is 1.62 bits per heavy atom. The molecule has 0 unspecified atom stereocenters. The van der Waals surface area contributed by atoms with E-state index in [2.05, 4.69) is 101 Å². The molecule has 0 saturated heterocycles. The van der Waals surface area contributed by atoms with Gasteiger partial charge in [-0.1, -0.05) is 66.3 Å². The smallest absolute Gasteiger partial charge is 0.00927 e. The molecule has 2 aromatic carbocycles. The van der Waals surface area contributed by atoms with Crippen molar-refractivity contribution in [3.8, 4) is 11.1 Å². The molecule has 1 heteroatoms. The fourth-order valence-electron chi connectivity index (χ4n) is 3.22. The lowest BCUT2D eigenvalue weighted by Crippen LogP contribution is -1.87. The summed E-state index contributed by atoms with van der Waals surface area (Å²) in [5.41, 5.74) is 10.4. The molecule has 0 aliphatic rings. The zero-order valence-corrected chi connectivity index (χ0v) is 17.1. The normalized spacial score (nSPS) is 12.1. The minimum atomic E-state index is 1.27. The molecule has 0 aliphatic carbocycles. The van der Waals surface area contributed by atoms with Gasteiger partial charge >= 0.3 is 0 Å². The second-order valence-electron chi connectivity index (χ2n) is 6.88. The van der Waals surface area contributed by atoms with Crippen molar-refractivity contribution in [2.24, 2.45) is 0 Å². The lowest BCUT2D eigenvalue weighted by atomic mass is 9.96. The highest BCUT2D eigenvalue weighted by atomic mass is 32.1. The van der Waals surface area contributed by atoms with Crippen LogP contribution < -0.4 is 0 Å². The first-order valence-electron chi connectivity index (χ1n) is 9.06. The van der Waals surface area contributed by atoms with Crippen molar-refractivity contribution in [2.45, 2.75) is 34.6 Å². The van der Waals surface area contributed by atoms with Crippen LogP contribution in [0.1, 0.15) is 46.5 Å². The number of benzene rings is 2. The van der Waals surface area contributed by atoms with Crippen molar-refractivity contribution >= 4 is 29.1 Å². The van der Waals surface area contributed by atoms with Crippen LogP contribution in [0.5, 0.6) is 0 Å². The van der Waals surface area contributed by atoms with E-state index in [1.807, 2.05) is 11.3 Å². The van der Waals surface area contributed by atoms with E-state index >= 15 is 0 Å². The lowest BCUT2D eigenvalue weighted by molar-refractivity contribution is 1.42. The minimum absolute atomic E-state index is 1.27. The van der Waals surface area contributed by atoms with Gasteiger partial charge in [0.25, 0.3) is 0 Å². The summed E-state index contributed by atoms with van der Waals surface area (Å²) in [5.74, 6) is 0. The van der Waals surface area contributed by atoms with Gasteiger partial charge in [0.2, 0.25) is 0 Å². The summed E-state index contributed by atoms with van der Waals surface area (Å²) in [6.45, 7) is 10.8. The zero-order valence-electron chi connectivity index (χ0n) is 16.3. The number of rotatable bonds is 4. The topological polar surface area (TPSA) is 0 Å². The molecule has 0 nitrogen and oxygen atoms in total. The van der Waals surface area contributed by atoms with Gasteiger partial charge in [-0.25, -0.2) is 0 Å². The summed E-state index contributed by atoms with van der Waals surface area (Å²) < 4.78 is 0. The van der Waals surface area contributed by atoms with Crippen LogP contribution in [0.4, 0.5) is 0 Å². The molecule has 132 valence electrons. The maximum Gasteiger partial charge on any atom is 0.00927 e. The third kappa shape index (κ3) is 3.89. The second kappa shape index (κ2) is 7.88. The number of thiophene rings is 1. The van der Waals surface area contributed by atoms with E-state index in [9.17, 15) is 0 Å². The van der Waals surface area contributed by atoms with E-state index in [4.69, 9.17) is 0 Å². The van der Waals surface area contributed by atoms with E-state index in [1.165, 1.54) is 49.4 Å². The van der Waals surface area contributed by atoms with Gasteiger partial charge in [0.05, 0.1) is 0 Å². The van der Waals surface area contributed by atoms with Crippen LogP contribution in [-0.4, -0.2) is 0 Å². The van der Waals surface area contributed by atoms with Crippen molar-refractivity contribution in [3.63, 3.8) is 0 Å². The Morgan fingerprint density at radius 3 is 2.27 bits per heavy atom. The van der Waals surface area contributed by atoms with E-state index in [1.54, 1.807) is 0 Å². The first kappa shape index (κ1) is 18.4. The molecular formula is C25H26S. The molecule has 0 atom stereocenters. The van der Waals surface area contributed by atoms with E-state index in [0.29, 0.717) is 0 Å². The Labute approximate surface area is 161 Å². The quantitative estimate of drug-likeness (QED) is 0.444. The van der Waals surface area contributed by atoms with E-state index in [-0.39, 0.29) is 0 Å². The van der Waals surface area contributed by atoms with Crippen LogP contribution in [0.25, 0.3) is 28.9 Å². The van der Waals surface area contributed by atoms with Gasteiger partial charge in [0, 0.05) is 4.88 Å². The third-order valence-corrected chi connectivity index (χ3v) is 5.73. The summed E-state index contributed by atoms with van der Waals surface area (Å²) in [4.78, 5) is 1.37. The molecule has 0 fully saturated rings. The number of hydrogen-bond donors (Lipinski definition) is 0. The average molecular weight is 359 g/mol. The molecule has 0 bridgehead atoms. The Hall–Kier alpha value is -2.38. The summed E-state index contributed by atoms with van der Waals surface area (Å²) >= 11 is 1.82. The molecule has 0 saturated carbocycles. The van der Waals surface area contributed by atoms with Crippen molar-refractivity contribution in [1.82, 2.24) is 0 Å². The van der Waals surface area contributed by atoms with E-state index < -0.39 is 0 Å². The molecule has 26 heavy (non-hydrogen) atoms. The fraction of sp³-hybridized carbons (Fsp3) is 0.200. The van der Waals surface area contributed by atoms with Gasteiger partial charge in [-0.2, -0.15) is 0 Å². The third-order valence-electron chi connectivity index (χ3n) is 4.81. The molecule has 3 rings (SSSR count). The largest absolute Gasteiger partial charge is 0.148 e. The highest BCUT2D eigenvalue weighted by molar-refractivity contribution is 7.10. The Balaban J connectivity index is 1.95. The maximum atomic E-state index is 2.31. The van der Waals surface area contributed by atoms with Gasteiger partial charge in [-0.05, 0) is 79.0 Å². The molecule has 0 amide bonds. The summed E-state index contributed by atoms with van der Waals surface area (Å²) in [6.07, 6.45) is 6.64. The Morgan fingerprint density at radius 1 is 0.923 bits per heavy atom. The maximum absolute atomic E-state index is 2.31. The monoisotopic (exact) mass is 358 g/mol. The molecule has 0 N–H and O–H groups in total. The predicted molar refractivity (Wildman–Crippen MR) is 119 cm³/mol. The lowest BCUT2D eigenvalue weighted by Gasteiger charge is -2.08. The average Bonchev–Trinajstić information content (AvgIpc) is 2.99. The van der Waals surface area contributed by atoms with Crippen LogP contribution in [0.3, 0.4) is 0 Å². The van der Waals surface area contributed by atoms with Crippen LogP contribution in [0.2, 0.25) is 0 Å². The van der Waals surface area contributed by atoms with Crippen molar-refractivity contribution in [3.05, 3.63) is 86.6 Å². The first-order chi connectivity index (χ1) is 12.5. The van der Waals surface area contributed by atoms with Gasteiger partial charge in [0.1, 0.15) is 0 Å². The number of allylic oxidation sites excluding steroid dienone is 2. The van der Waals surface area contributed by atoms with E-state index in [0.717, 1.165) is 0 Å². The van der Waals surface area contributed by atoms with Crippen molar-refractivity contribution in [1.29, 1.82) is 0 Å². The SMILES string of the molecule is C/C=C\c1c(/C(C)=C/c2ccc(-c3ccc(C)cc3)cc2C)csc1C. The van der Waals surface area contributed by atoms with Crippen LogP contribution in [0.15, 0.2) is 53.9 Å². The number of aryl methyl sites for hydroxylation is 3. The van der Waals surface area contributed by atoms with Gasteiger partial charge in [-0.15, -0.1) is 11.3 Å². The predicted octanol–water partition coefficient (Wildman–Crippen LogP) is 7.93. The molecule has 3 aromatic rings. The molecular weight excluding hydrogens is 332 g/mol. The molecule has 1 heterocycles. The van der Waals surface area contributed by atoms with Crippen LogP contribution in [0, 0.1) is 20.8 Å². The van der Waals surface area contributed by atoms with Crippen molar-refractivity contribution in [2.75, 3.05) is 0 Å².